The van der Waals surface area contributed by atoms with Gasteiger partial charge in [0.15, 0.2) is 0 Å². The molecule has 0 spiro atoms. The predicted molar refractivity (Wildman–Crippen MR) is 78.7 cm³/mol. The highest BCUT2D eigenvalue weighted by molar-refractivity contribution is 9.11. The number of nitrogen functional groups attached to an aromatic ring is 1. The summed E-state index contributed by atoms with van der Waals surface area (Å²) in [5, 5.41) is 0. The van der Waals surface area contributed by atoms with E-state index in [9.17, 15) is 21.6 Å². The van der Waals surface area contributed by atoms with E-state index in [1.807, 2.05) is 4.72 Å². The van der Waals surface area contributed by atoms with Crippen LogP contribution >= 0.6 is 27.3 Å². The van der Waals surface area contributed by atoms with Crippen molar-refractivity contribution in [3.05, 3.63) is 39.7 Å². The molecule has 0 saturated carbocycles. The van der Waals surface area contributed by atoms with Crippen molar-refractivity contribution in [2.45, 2.75) is 10.4 Å². The number of benzene rings is 1. The lowest BCUT2D eigenvalue weighted by molar-refractivity contribution is -0.136. The average molecular weight is 401 g/mol. The predicted octanol–water partition coefficient (Wildman–Crippen LogP) is 3.91. The third-order valence-electron chi connectivity index (χ3n) is 2.41. The zero-order chi connectivity index (χ0) is 15.8. The topological polar surface area (TPSA) is 72.2 Å². The summed E-state index contributed by atoms with van der Waals surface area (Å²) < 4.78 is 65.3. The molecule has 0 aliphatic carbocycles. The number of hydrogen-bond donors (Lipinski definition) is 2. The first-order valence-corrected chi connectivity index (χ1v) is 8.44. The van der Waals surface area contributed by atoms with Gasteiger partial charge in [0, 0.05) is 5.69 Å². The van der Waals surface area contributed by atoms with Crippen LogP contribution in [0.5, 0.6) is 0 Å². The van der Waals surface area contributed by atoms with Crippen LogP contribution in [0.4, 0.5) is 24.5 Å². The van der Waals surface area contributed by atoms with Crippen LogP contribution in [-0.2, 0) is 16.2 Å². The first kappa shape index (κ1) is 16.1. The van der Waals surface area contributed by atoms with E-state index in [1.54, 1.807) is 0 Å². The van der Waals surface area contributed by atoms with E-state index >= 15 is 0 Å². The lowest BCUT2D eigenvalue weighted by Crippen LogP contribution is -2.16. The van der Waals surface area contributed by atoms with Gasteiger partial charge in [-0.15, -0.1) is 11.3 Å². The Kier molecular flexibility index (Phi) is 4.22. The second-order valence-corrected chi connectivity index (χ2v) is 8.34. The third-order valence-corrected chi connectivity index (χ3v) is 5.89. The van der Waals surface area contributed by atoms with E-state index in [4.69, 9.17) is 5.73 Å². The maximum atomic E-state index is 12.9. The first-order valence-electron chi connectivity index (χ1n) is 5.34. The molecule has 0 unspecified atom stereocenters. The van der Waals surface area contributed by atoms with Gasteiger partial charge in [0.2, 0.25) is 0 Å². The number of hydrogen-bond acceptors (Lipinski definition) is 4. The molecule has 21 heavy (non-hydrogen) atoms. The molecule has 2 aromatic rings. The third kappa shape index (κ3) is 3.69. The van der Waals surface area contributed by atoms with Crippen LogP contribution in [0, 0.1) is 0 Å². The van der Waals surface area contributed by atoms with Crippen molar-refractivity contribution in [1.29, 1.82) is 0 Å². The quantitative estimate of drug-likeness (QED) is 0.767. The molecule has 0 bridgehead atoms. The summed E-state index contributed by atoms with van der Waals surface area (Å²) in [7, 11) is -4.09. The summed E-state index contributed by atoms with van der Waals surface area (Å²) in [6, 6.07) is 5.65. The van der Waals surface area contributed by atoms with Crippen molar-refractivity contribution in [2.24, 2.45) is 0 Å². The summed E-state index contributed by atoms with van der Waals surface area (Å²) in [6.45, 7) is 0. The molecule has 1 heterocycles. The van der Waals surface area contributed by atoms with Crippen LogP contribution in [-0.4, -0.2) is 8.42 Å². The van der Waals surface area contributed by atoms with Gasteiger partial charge in [-0.2, -0.15) is 13.2 Å². The van der Waals surface area contributed by atoms with E-state index in [-0.39, 0.29) is 9.90 Å². The summed E-state index contributed by atoms with van der Waals surface area (Å²) in [4.78, 5) is 0. The van der Waals surface area contributed by atoms with Crippen LogP contribution in [0.2, 0.25) is 0 Å². The molecule has 3 N–H and O–H groups in total. The van der Waals surface area contributed by atoms with Crippen LogP contribution in [0.1, 0.15) is 5.56 Å². The highest BCUT2D eigenvalue weighted by atomic mass is 79.9. The van der Waals surface area contributed by atoms with Crippen molar-refractivity contribution in [1.82, 2.24) is 0 Å². The molecule has 0 atom stereocenters. The van der Waals surface area contributed by atoms with Gasteiger partial charge in [-0.1, -0.05) is 0 Å². The van der Waals surface area contributed by atoms with E-state index in [2.05, 4.69) is 15.9 Å². The Morgan fingerprint density at radius 3 is 2.38 bits per heavy atom. The van der Waals surface area contributed by atoms with Gasteiger partial charge in [-0.05, 0) is 46.3 Å². The zero-order valence-electron chi connectivity index (χ0n) is 10.1. The average Bonchev–Trinajstić information content (AvgIpc) is 2.77. The van der Waals surface area contributed by atoms with Gasteiger partial charge in [0.05, 0.1) is 15.0 Å². The zero-order valence-corrected chi connectivity index (χ0v) is 13.3. The Labute approximate surface area is 131 Å². The Morgan fingerprint density at radius 2 is 1.86 bits per heavy atom. The van der Waals surface area contributed by atoms with Crippen molar-refractivity contribution in [2.75, 3.05) is 10.5 Å². The van der Waals surface area contributed by atoms with Crippen molar-refractivity contribution in [3.63, 3.8) is 0 Å². The van der Waals surface area contributed by atoms with Gasteiger partial charge in [-0.3, -0.25) is 4.72 Å². The molecular formula is C11H8BrF3N2O2S2. The van der Waals surface area contributed by atoms with Crippen LogP contribution in [0.3, 0.4) is 0 Å². The molecule has 2 rings (SSSR count). The SMILES string of the molecule is Nc1ccc(NS(=O)(=O)c2ccc(Br)s2)c(C(F)(F)F)c1. The number of thiophene rings is 1. The van der Waals surface area contributed by atoms with Gasteiger partial charge in [0.1, 0.15) is 4.21 Å². The van der Waals surface area contributed by atoms with E-state index < -0.39 is 27.5 Å². The molecule has 0 saturated heterocycles. The molecule has 1 aromatic heterocycles. The van der Waals surface area contributed by atoms with Crippen molar-refractivity contribution in [3.8, 4) is 0 Å². The lowest BCUT2D eigenvalue weighted by atomic mass is 10.1. The maximum Gasteiger partial charge on any atom is 0.418 e. The molecule has 0 fully saturated rings. The first-order chi connectivity index (χ1) is 9.59. The minimum Gasteiger partial charge on any atom is -0.399 e. The van der Waals surface area contributed by atoms with Crippen LogP contribution in [0.25, 0.3) is 0 Å². The molecule has 0 amide bonds. The number of alkyl halides is 3. The number of sulfonamides is 1. The normalized spacial score (nSPS) is 12.4. The summed E-state index contributed by atoms with van der Waals surface area (Å²) in [5.41, 5.74) is 3.51. The molecular weight excluding hydrogens is 393 g/mol. The second-order valence-electron chi connectivity index (χ2n) is 3.97. The Balaban J connectivity index is 2.45. The standard InChI is InChI=1S/C11H8BrF3N2O2S2/c12-9-3-4-10(20-9)21(18,19)17-8-2-1-6(16)5-7(8)11(13,14)15/h1-5,17H,16H2. The Morgan fingerprint density at radius 1 is 1.19 bits per heavy atom. The molecule has 10 heteroatoms. The largest absolute Gasteiger partial charge is 0.418 e. The van der Waals surface area contributed by atoms with Crippen molar-refractivity contribution >= 4 is 48.7 Å². The molecule has 114 valence electrons. The molecule has 4 nitrogen and oxygen atoms in total. The molecule has 0 aliphatic rings. The summed E-state index contributed by atoms with van der Waals surface area (Å²) >= 11 is 3.99. The number of nitrogens with two attached hydrogens (primary N) is 1. The highest BCUT2D eigenvalue weighted by Gasteiger charge is 2.35. The summed E-state index contributed by atoms with van der Waals surface area (Å²) in [6.07, 6.45) is -4.72. The van der Waals surface area contributed by atoms with Gasteiger partial charge < -0.3 is 5.73 Å². The monoisotopic (exact) mass is 400 g/mol. The van der Waals surface area contributed by atoms with Gasteiger partial charge in [-0.25, -0.2) is 8.42 Å². The van der Waals surface area contributed by atoms with Crippen molar-refractivity contribution < 1.29 is 21.6 Å². The molecule has 0 radical (unpaired) electrons. The Bertz CT molecular complexity index is 772. The van der Waals surface area contributed by atoms with E-state index in [1.165, 1.54) is 18.2 Å². The molecule has 1 aromatic carbocycles. The number of nitrogens with one attached hydrogen (secondary N) is 1. The molecule has 0 aliphatic heterocycles. The second kappa shape index (κ2) is 5.50. The van der Waals surface area contributed by atoms with E-state index in [0.717, 1.165) is 17.4 Å². The Hall–Kier alpha value is -1.26. The highest BCUT2D eigenvalue weighted by Crippen LogP contribution is 2.37. The fraction of sp³-hybridized carbons (Fsp3) is 0.0909. The van der Waals surface area contributed by atoms with E-state index in [0.29, 0.717) is 9.85 Å². The smallest absolute Gasteiger partial charge is 0.399 e. The maximum absolute atomic E-state index is 12.9. The lowest BCUT2D eigenvalue weighted by Gasteiger charge is -2.14. The summed E-state index contributed by atoms with van der Waals surface area (Å²) in [5.74, 6) is 0. The number of rotatable bonds is 3. The number of anilines is 2. The minimum atomic E-state index is -4.72. The van der Waals surface area contributed by atoms with Crippen LogP contribution < -0.4 is 10.5 Å². The van der Waals surface area contributed by atoms with Crippen LogP contribution in [0.15, 0.2) is 38.3 Å². The fourth-order valence-electron chi connectivity index (χ4n) is 1.52. The van der Waals surface area contributed by atoms with Gasteiger partial charge >= 0.3 is 6.18 Å². The number of halogens is 4. The minimum absolute atomic E-state index is 0.0978. The van der Waals surface area contributed by atoms with Gasteiger partial charge in [0.25, 0.3) is 10.0 Å². The fourth-order valence-corrected chi connectivity index (χ4v) is 4.61.